The first kappa shape index (κ1) is 20.6. The summed E-state index contributed by atoms with van der Waals surface area (Å²) in [5, 5.41) is 36.7. The van der Waals surface area contributed by atoms with Gasteiger partial charge in [-0.3, -0.25) is 4.98 Å². The lowest BCUT2D eigenvalue weighted by Gasteiger charge is -2.45. The zero-order valence-electron chi connectivity index (χ0n) is 18.1. The van der Waals surface area contributed by atoms with E-state index in [9.17, 15) is 10.2 Å². The summed E-state index contributed by atoms with van der Waals surface area (Å²) in [4.78, 5) is 4.25. The van der Waals surface area contributed by atoms with Crippen molar-refractivity contribution >= 4 is 6.08 Å². The van der Waals surface area contributed by atoms with Crippen LogP contribution in [0.5, 0.6) is 0 Å². The third-order valence-corrected chi connectivity index (χ3v) is 7.39. The van der Waals surface area contributed by atoms with Crippen LogP contribution in [0.1, 0.15) is 61.2 Å². The number of nitriles is 1. The van der Waals surface area contributed by atoms with E-state index in [-0.39, 0.29) is 6.42 Å². The maximum atomic E-state index is 11.9. The summed E-state index contributed by atoms with van der Waals surface area (Å²) >= 11 is 0. The van der Waals surface area contributed by atoms with Crippen LogP contribution in [-0.2, 0) is 6.42 Å². The molecule has 5 rings (SSSR count). The molecule has 1 saturated carbocycles. The summed E-state index contributed by atoms with van der Waals surface area (Å²) in [6.07, 6.45) is 7.69. The SMILES string of the molecule is CC[C@]12Cc3cnn(-c4ccccc4)c3C=C1CC[C@@]2(O)CC(O)c1cc(C#N)ccn1. The summed E-state index contributed by atoms with van der Waals surface area (Å²) in [7, 11) is 0. The van der Waals surface area contributed by atoms with E-state index in [2.05, 4.69) is 29.2 Å². The lowest BCUT2D eigenvalue weighted by Crippen LogP contribution is -2.48. The molecule has 162 valence electrons. The summed E-state index contributed by atoms with van der Waals surface area (Å²) in [5.41, 5.74) is 3.79. The number of rotatable bonds is 5. The van der Waals surface area contributed by atoms with Gasteiger partial charge in [0.1, 0.15) is 0 Å². The minimum absolute atomic E-state index is 0.183. The van der Waals surface area contributed by atoms with Crippen molar-refractivity contribution in [2.75, 3.05) is 0 Å². The van der Waals surface area contributed by atoms with Gasteiger partial charge in [0, 0.05) is 18.0 Å². The summed E-state index contributed by atoms with van der Waals surface area (Å²) in [6, 6.07) is 15.4. The fraction of sp³-hybridized carbons (Fsp3) is 0.346. The lowest BCUT2D eigenvalue weighted by molar-refractivity contribution is -0.0834. The topological polar surface area (TPSA) is 95.0 Å². The molecular weight excluding hydrogens is 400 g/mol. The molecule has 0 aliphatic heterocycles. The Balaban J connectivity index is 1.49. The molecule has 0 amide bonds. The Morgan fingerprint density at radius 3 is 2.81 bits per heavy atom. The van der Waals surface area contributed by atoms with Crippen LogP contribution in [-0.4, -0.2) is 30.6 Å². The zero-order chi connectivity index (χ0) is 22.3. The number of aromatic nitrogens is 3. The molecule has 1 fully saturated rings. The third kappa shape index (κ3) is 3.09. The molecule has 3 atom stereocenters. The number of benzene rings is 1. The first-order valence-electron chi connectivity index (χ1n) is 11.1. The molecule has 1 aromatic carbocycles. The van der Waals surface area contributed by atoms with Gasteiger partial charge in [-0.05, 0) is 61.6 Å². The molecule has 2 aliphatic rings. The van der Waals surface area contributed by atoms with E-state index in [0.717, 1.165) is 29.8 Å². The Bertz CT molecular complexity index is 1230. The highest BCUT2D eigenvalue weighted by Crippen LogP contribution is 2.59. The Labute approximate surface area is 187 Å². The molecule has 6 nitrogen and oxygen atoms in total. The molecule has 3 aromatic rings. The Hall–Kier alpha value is -3.27. The van der Waals surface area contributed by atoms with Gasteiger partial charge in [0.2, 0.25) is 0 Å². The quantitative estimate of drug-likeness (QED) is 0.640. The number of hydrogen-bond donors (Lipinski definition) is 2. The van der Waals surface area contributed by atoms with Crippen LogP contribution < -0.4 is 0 Å². The van der Waals surface area contributed by atoms with Gasteiger partial charge in [0.15, 0.2) is 0 Å². The summed E-state index contributed by atoms with van der Waals surface area (Å²) in [6.45, 7) is 2.11. The van der Waals surface area contributed by atoms with Gasteiger partial charge < -0.3 is 10.2 Å². The van der Waals surface area contributed by atoms with Crippen molar-refractivity contribution in [1.29, 1.82) is 5.26 Å². The smallest absolute Gasteiger partial charge is 0.0992 e. The molecule has 32 heavy (non-hydrogen) atoms. The van der Waals surface area contributed by atoms with Crippen molar-refractivity contribution in [3.8, 4) is 11.8 Å². The van der Waals surface area contributed by atoms with Gasteiger partial charge >= 0.3 is 0 Å². The highest BCUT2D eigenvalue weighted by Gasteiger charge is 2.57. The molecule has 0 spiro atoms. The largest absolute Gasteiger partial charge is 0.389 e. The molecule has 2 heterocycles. The maximum absolute atomic E-state index is 11.9. The number of pyridine rings is 1. The third-order valence-electron chi connectivity index (χ3n) is 7.39. The molecule has 6 heteroatoms. The summed E-state index contributed by atoms with van der Waals surface area (Å²) in [5.74, 6) is 0. The van der Waals surface area contributed by atoms with Crippen molar-refractivity contribution in [1.82, 2.24) is 14.8 Å². The van der Waals surface area contributed by atoms with Gasteiger partial charge in [-0.15, -0.1) is 0 Å². The zero-order valence-corrected chi connectivity index (χ0v) is 18.1. The first-order valence-corrected chi connectivity index (χ1v) is 11.1. The van der Waals surface area contributed by atoms with Crippen LogP contribution in [0.15, 0.2) is 60.4 Å². The average molecular weight is 427 g/mol. The molecule has 0 saturated heterocycles. The minimum Gasteiger partial charge on any atom is -0.389 e. The predicted molar refractivity (Wildman–Crippen MR) is 121 cm³/mol. The number of nitrogens with zero attached hydrogens (tertiary/aromatic N) is 4. The molecule has 2 N–H and O–H groups in total. The van der Waals surface area contributed by atoms with E-state index in [1.807, 2.05) is 41.2 Å². The Morgan fingerprint density at radius 1 is 1.25 bits per heavy atom. The standard InChI is InChI=1S/C26H26N4O2/c1-2-25-14-19-17-29-30(21-6-4-3-5-7-21)23(19)13-20(25)8-10-26(25,32)15-24(31)22-12-18(16-27)9-11-28-22/h3-7,9,11-13,17,24,31-32H,2,8,10,14-15H2,1H3/t24?,25-,26+/m0/s1. The van der Waals surface area contributed by atoms with E-state index in [0.29, 0.717) is 24.1 Å². The Morgan fingerprint density at radius 2 is 2.06 bits per heavy atom. The fourth-order valence-electron chi connectivity index (χ4n) is 5.66. The van der Waals surface area contributed by atoms with Crippen LogP contribution in [0.2, 0.25) is 0 Å². The number of aliphatic hydroxyl groups is 2. The van der Waals surface area contributed by atoms with E-state index in [1.54, 1.807) is 12.1 Å². The van der Waals surface area contributed by atoms with Crippen molar-refractivity contribution < 1.29 is 10.2 Å². The minimum atomic E-state index is -1.07. The van der Waals surface area contributed by atoms with Gasteiger partial charge in [-0.1, -0.05) is 30.7 Å². The number of para-hydroxylation sites is 1. The van der Waals surface area contributed by atoms with Crippen LogP contribution in [0, 0.1) is 16.7 Å². The molecule has 0 radical (unpaired) electrons. The lowest BCUT2D eigenvalue weighted by atomic mass is 9.62. The van der Waals surface area contributed by atoms with Crippen molar-refractivity contribution in [2.45, 2.75) is 50.7 Å². The van der Waals surface area contributed by atoms with Crippen molar-refractivity contribution in [2.24, 2.45) is 5.41 Å². The van der Waals surface area contributed by atoms with Crippen LogP contribution in [0.4, 0.5) is 0 Å². The van der Waals surface area contributed by atoms with Crippen LogP contribution in [0.25, 0.3) is 11.8 Å². The number of hydrogen-bond acceptors (Lipinski definition) is 5. The van der Waals surface area contributed by atoms with Gasteiger partial charge in [0.05, 0.1) is 46.6 Å². The second-order valence-corrected chi connectivity index (χ2v) is 8.92. The maximum Gasteiger partial charge on any atom is 0.0992 e. The monoisotopic (exact) mass is 426 g/mol. The van der Waals surface area contributed by atoms with E-state index in [4.69, 9.17) is 5.26 Å². The van der Waals surface area contributed by atoms with Crippen molar-refractivity contribution in [3.63, 3.8) is 0 Å². The number of aliphatic hydroxyl groups excluding tert-OH is 1. The number of fused-ring (bicyclic) bond motifs is 2. The van der Waals surface area contributed by atoms with E-state index >= 15 is 0 Å². The first-order chi connectivity index (χ1) is 15.5. The molecule has 1 unspecified atom stereocenters. The highest BCUT2D eigenvalue weighted by molar-refractivity contribution is 5.63. The molecule has 2 aromatic heterocycles. The summed E-state index contributed by atoms with van der Waals surface area (Å²) < 4.78 is 1.96. The van der Waals surface area contributed by atoms with Crippen molar-refractivity contribution in [3.05, 3.63) is 82.9 Å². The second-order valence-electron chi connectivity index (χ2n) is 8.92. The molecular formula is C26H26N4O2. The van der Waals surface area contributed by atoms with Crippen LogP contribution >= 0.6 is 0 Å². The average Bonchev–Trinajstić information content (AvgIpc) is 3.36. The van der Waals surface area contributed by atoms with Gasteiger partial charge in [0.25, 0.3) is 0 Å². The van der Waals surface area contributed by atoms with E-state index < -0.39 is 17.1 Å². The van der Waals surface area contributed by atoms with Gasteiger partial charge in [-0.25, -0.2) is 4.68 Å². The molecule has 0 bridgehead atoms. The predicted octanol–water partition coefficient (Wildman–Crippen LogP) is 4.12. The van der Waals surface area contributed by atoms with Crippen LogP contribution in [0.3, 0.4) is 0 Å². The fourth-order valence-corrected chi connectivity index (χ4v) is 5.66. The normalized spacial score (nSPS) is 24.9. The van der Waals surface area contributed by atoms with Gasteiger partial charge in [-0.2, -0.15) is 10.4 Å². The molecule has 2 aliphatic carbocycles. The second kappa shape index (κ2) is 7.70. The highest BCUT2D eigenvalue weighted by atomic mass is 16.3. The Kier molecular flexibility index (Phi) is 4.96. The van der Waals surface area contributed by atoms with E-state index in [1.165, 1.54) is 11.8 Å².